The molecule has 2 unspecified atom stereocenters. The van der Waals surface area contributed by atoms with Gasteiger partial charge in [0.15, 0.2) is 0 Å². The second-order valence-corrected chi connectivity index (χ2v) is 13.7. The minimum absolute atomic E-state index is 0.00676. The van der Waals surface area contributed by atoms with Crippen LogP contribution in [-0.4, -0.2) is 76.0 Å². The molecule has 0 aromatic heterocycles. The Kier molecular flexibility index (Phi) is 11.1. The number of hydrogen-bond donors (Lipinski definition) is 1. The number of hydrogen-bond acceptors (Lipinski definition) is 5. The lowest BCUT2D eigenvalue weighted by Gasteiger charge is -2.37. The Morgan fingerprint density at radius 2 is 1.76 bits per heavy atom. The van der Waals surface area contributed by atoms with Gasteiger partial charge in [-0.15, -0.1) is 0 Å². The molecule has 0 spiro atoms. The van der Waals surface area contributed by atoms with Crippen molar-refractivity contribution >= 4 is 15.9 Å². The summed E-state index contributed by atoms with van der Waals surface area (Å²) in [6.45, 7) is 0.520. The maximum Gasteiger partial charge on any atom is 0.416 e. The molecule has 42 heavy (non-hydrogen) atoms. The second kappa shape index (κ2) is 14.3. The van der Waals surface area contributed by atoms with Crippen molar-refractivity contribution in [1.82, 2.24) is 14.5 Å². The van der Waals surface area contributed by atoms with Crippen LogP contribution in [-0.2, 0) is 32.2 Å². The third-order valence-corrected chi connectivity index (χ3v) is 10.5. The van der Waals surface area contributed by atoms with Crippen molar-refractivity contribution in [2.45, 2.75) is 68.2 Å². The van der Waals surface area contributed by atoms with Crippen molar-refractivity contribution in [2.75, 3.05) is 40.3 Å². The number of carbonyl (C=O) groups excluding carboxylic acids is 1. The van der Waals surface area contributed by atoms with Crippen LogP contribution in [0.2, 0.25) is 0 Å². The van der Waals surface area contributed by atoms with E-state index < -0.39 is 32.8 Å². The number of carbonyl (C=O) groups is 1. The molecule has 1 aliphatic carbocycles. The number of rotatable bonds is 12. The summed E-state index contributed by atoms with van der Waals surface area (Å²) in [6.07, 6.45) is 1.82. The first-order valence-corrected chi connectivity index (χ1v) is 16.1. The third-order valence-electron chi connectivity index (χ3n) is 8.62. The van der Waals surface area contributed by atoms with Gasteiger partial charge in [0, 0.05) is 25.7 Å². The highest BCUT2D eigenvalue weighted by Gasteiger charge is 2.36. The van der Waals surface area contributed by atoms with Crippen LogP contribution in [0.4, 0.5) is 13.2 Å². The molecule has 4 rings (SSSR count). The zero-order valence-corrected chi connectivity index (χ0v) is 25.2. The van der Waals surface area contributed by atoms with Crippen molar-refractivity contribution in [2.24, 2.45) is 11.8 Å². The molecule has 1 saturated heterocycles. The van der Waals surface area contributed by atoms with Crippen LogP contribution >= 0.6 is 0 Å². The van der Waals surface area contributed by atoms with Gasteiger partial charge in [-0.05, 0) is 94.6 Å². The van der Waals surface area contributed by atoms with Crippen molar-refractivity contribution in [3.63, 3.8) is 0 Å². The summed E-state index contributed by atoms with van der Waals surface area (Å²) in [5.74, 6) is 0.809. The van der Waals surface area contributed by atoms with E-state index in [1.54, 1.807) is 0 Å². The SMILES string of the molecule is CN(C)C(CCc1ccccc1)C1CCC(CNC(=O)COC2CCN(S(=O)(=O)c3cccc(C(F)(F)F)c3)C2)CC1. The highest BCUT2D eigenvalue weighted by atomic mass is 32.2. The van der Waals surface area contributed by atoms with Gasteiger partial charge in [-0.2, -0.15) is 17.5 Å². The standard InChI is InChI=1S/C31H42F3N3O4S/c1-36(2)29(16-13-23-7-4-3-5-8-23)25-14-11-24(12-15-25)20-35-30(38)22-41-27-17-18-37(21-27)42(39,40)28-10-6-9-26(19-28)31(32,33)34/h3-10,19,24-25,27,29H,11-18,20-22H2,1-2H3,(H,35,38). The molecule has 2 aliphatic rings. The first-order chi connectivity index (χ1) is 19.9. The van der Waals surface area contributed by atoms with Gasteiger partial charge in [0.05, 0.1) is 16.6 Å². The molecule has 2 atom stereocenters. The number of aryl methyl sites for hydroxylation is 1. The van der Waals surface area contributed by atoms with E-state index in [1.165, 1.54) is 5.56 Å². The summed E-state index contributed by atoms with van der Waals surface area (Å²) in [7, 11) is 0.216. The number of ether oxygens (including phenoxy) is 1. The maximum absolute atomic E-state index is 13.0. The number of benzene rings is 2. The highest BCUT2D eigenvalue weighted by Crippen LogP contribution is 2.34. The van der Waals surface area contributed by atoms with E-state index in [1.807, 2.05) is 6.07 Å². The van der Waals surface area contributed by atoms with Crippen LogP contribution < -0.4 is 5.32 Å². The Morgan fingerprint density at radius 1 is 1.05 bits per heavy atom. The molecule has 1 saturated carbocycles. The third kappa shape index (κ3) is 8.78. The Labute approximate surface area is 247 Å². The molecule has 2 aromatic rings. The first kappa shape index (κ1) is 32.4. The zero-order chi connectivity index (χ0) is 30.3. The predicted molar refractivity (Wildman–Crippen MR) is 155 cm³/mol. The normalized spacial score (nSPS) is 22.8. The quantitative estimate of drug-likeness (QED) is 0.368. The van der Waals surface area contributed by atoms with Crippen LogP contribution in [0.5, 0.6) is 0 Å². The van der Waals surface area contributed by atoms with Crippen LogP contribution in [0.3, 0.4) is 0 Å². The Bertz CT molecular complexity index is 1270. The van der Waals surface area contributed by atoms with Gasteiger partial charge in [0.1, 0.15) is 6.61 Å². The molecule has 0 radical (unpaired) electrons. The summed E-state index contributed by atoms with van der Waals surface area (Å²) in [5, 5.41) is 2.96. The van der Waals surface area contributed by atoms with Crippen molar-refractivity contribution in [3.8, 4) is 0 Å². The molecule has 1 heterocycles. The van der Waals surface area contributed by atoms with Gasteiger partial charge in [0.25, 0.3) is 0 Å². The summed E-state index contributed by atoms with van der Waals surface area (Å²) in [4.78, 5) is 14.4. The van der Waals surface area contributed by atoms with Crippen molar-refractivity contribution in [1.29, 1.82) is 0 Å². The number of alkyl halides is 3. The van der Waals surface area contributed by atoms with E-state index in [9.17, 15) is 26.4 Å². The number of amides is 1. The number of nitrogens with zero attached hydrogens (tertiary/aromatic N) is 2. The lowest BCUT2D eigenvalue weighted by Crippen LogP contribution is -2.40. The zero-order valence-electron chi connectivity index (χ0n) is 24.4. The van der Waals surface area contributed by atoms with Crippen LogP contribution in [0.1, 0.15) is 49.7 Å². The lowest BCUT2D eigenvalue weighted by atomic mass is 9.76. The molecule has 2 aromatic carbocycles. The van der Waals surface area contributed by atoms with E-state index in [-0.39, 0.29) is 25.6 Å². The van der Waals surface area contributed by atoms with Crippen molar-refractivity contribution < 1.29 is 31.1 Å². The Balaban J connectivity index is 1.16. The van der Waals surface area contributed by atoms with E-state index in [0.717, 1.165) is 61.0 Å². The summed E-state index contributed by atoms with van der Waals surface area (Å²) < 4.78 is 71.7. The molecular formula is C31H42F3N3O4S. The fourth-order valence-electron chi connectivity index (χ4n) is 6.19. The van der Waals surface area contributed by atoms with Gasteiger partial charge >= 0.3 is 6.18 Å². The van der Waals surface area contributed by atoms with E-state index >= 15 is 0 Å². The monoisotopic (exact) mass is 609 g/mol. The minimum atomic E-state index is -4.63. The summed E-state index contributed by atoms with van der Waals surface area (Å²) >= 11 is 0. The van der Waals surface area contributed by atoms with Crippen LogP contribution in [0.15, 0.2) is 59.5 Å². The van der Waals surface area contributed by atoms with Gasteiger partial charge in [-0.1, -0.05) is 36.4 Å². The van der Waals surface area contributed by atoms with E-state index in [0.29, 0.717) is 36.9 Å². The number of sulfonamides is 1. The van der Waals surface area contributed by atoms with Gasteiger partial charge < -0.3 is 15.0 Å². The van der Waals surface area contributed by atoms with Crippen LogP contribution in [0.25, 0.3) is 0 Å². The van der Waals surface area contributed by atoms with Gasteiger partial charge in [0.2, 0.25) is 15.9 Å². The lowest BCUT2D eigenvalue weighted by molar-refractivity contribution is -0.137. The first-order valence-electron chi connectivity index (χ1n) is 14.7. The average Bonchev–Trinajstić information content (AvgIpc) is 3.46. The average molecular weight is 610 g/mol. The fraction of sp³-hybridized carbons (Fsp3) is 0.581. The predicted octanol–water partition coefficient (Wildman–Crippen LogP) is 4.97. The smallest absolute Gasteiger partial charge is 0.367 e. The number of nitrogens with one attached hydrogen (secondary N) is 1. The summed E-state index contributed by atoms with van der Waals surface area (Å²) in [5.41, 5.74) is 0.354. The largest absolute Gasteiger partial charge is 0.416 e. The molecular weight excluding hydrogens is 567 g/mol. The minimum Gasteiger partial charge on any atom is -0.367 e. The fourth-order valence-corrected chi connectivity index (χ4v) is 7.72. The molecule has 0 bridgehead atoms. The molecule has 2 fully saturated rings. The van der Waals surface area contributed by atoms with E-state index in [2.05, 4.69) is 48.6 Å². The van der Waals surface area contributed by atoms with Crippen molar-refractivity contribution in [3.05, 3.63) is 65.7 Å². The second-order valence-electron chi connectivity index (χ2n) is 11.8. The molecule has 1 aliphatic heterocycles. The van der Waals surface area contributed by atoms with Crippen LogP contribution in [0, 0.1) is 11.8 Å². The molecule has 1 N–H and O–H groups in total. The molecule has 232 valence electrons. The Morgan fingerprint density at radius 3 is 2.43 bits per heavy atom. The topological polar surface area (TPSA) is 79.0 Å². The van der Waals surface area contributed by atoms with Gasteiger partial charge in [-0.3, -0.25) is 4.79 Å². The maximum atomic E-state index is 13.0. The van der Waals surface area contributed by atoms with E-state index in [4.69, 9.17) is 4.74 Å². The van der Waals surface area contributed by atoms with Gasteiger partial charge in [-0.25, -0.2) is 8.42 Å². The Hall–Kier alpha value is -2.47. The number of halogens is 3. The molecule has 1 amide bonds. The molecule has 11 heteroatoms. The summed E-state index contributed by atoms with van der Waals surface area (Å²) in [6, 6.07) is 14.8. The molecule has 7 nitrogen and oxygen atoms in total. The highest BCUT2D eigenvalue weighted by molar-refractivity contribution is 7.89.